The molecule has 0 bridgehead atoms. The van der Waals surface area contributed by atoms with Gasteiger partial charge >= 0.3 is 6.18 Å². The van der Waals surface area contributed by atoms with Crippen molar-refractivity contribution in [3.05, 3.63) is 72.1 Å². The zero-order valence-electron chi connectivity index (χ0n) is 13.8. The summed E-state index contributed by atoms with van der Waals surface area (Å²) in [6.45, 7) is 1.74. The monoisotopic (exact) mass is 360 g/mol. The summed E-state index contributed by atoms with van der Waals surface area (Å²) in [5.74, 6) is -0.426. The number of nitrogens with one attached hydrogen (secondary N) is 1. The summed E-state index contributed by atoms with van der Waals surface area (Å²) in [5.41, 5.74) is 0.817. The molecule has 0 aliphatic heterocycles. The van der Waals surface area contributed by atoms with Gasteiger partial charge < -0.3 is 9.88 Å². The van der Waals surface area contributed by atoms with Gasteiger partial charge in [0.1, 0.15) is 0 Å². The molecule has 3 rings (SSSR count). The largest absolute Gasteiger partial charge is 0.416 e. The van der Waals surface area contributed by atoms with Crippen molar-refractivity contribution in [2.45, 2.75) is 19.5 Å². The Hall–Kier alpha value is -3.16. The average molecular weight is 360 g/mol. The summed E-state index contributed by atoms with van der Waals surface area (Å²) >= 11 is 0. The molecule has 0 saturated heterocycles. The van der Waals surface area contributed by atoms with Crippen LogP contribution in [0.2, 0.25) is 0 Å². The third kappa shape index (κ3) is 4.27. The topological polar surface area (TPSA) is 59.8 Å². The van der Waals surface area contributed by atoms with Crippen molar-refractivity contribution in [2.24, 2.45) is 0 Å². The Labute approximate surface area is 147 Å². The molecule has 0 aliphatic carbocycles. The maximum atomic E-state index is 13.2. The maximum Gasteiger partial charge on any atom is 0.416 e. The summed E-state index contributed by atoms with van der Waals surface area (Å²) in [7, 11) is 0. The van der Waals surface area contributed by atoms with Gasteiger partial charge in [-0.3, -0.25) is 9.78 Å². The fourth-order valence-corrected chi connectivity index (χ4v) is 2.45. The van der Waals surface area contributed by atoms with E-state index < -0.39 is 17.6 Å². The highest BCUT2D eigenvalue weighted by molar-refractivity contribution is 5.92. The molecule has 0 spiro atoms. The molecule has 0 unspecified atom stereocenters. The van der Waals surface area contributed by atoms with Crippen molar-refractivity contribution in [3.8, 4) is 5.69 Å². The first-order valence-corrected chi connectivity index (χ1v) is 7.73. The van der Waals surface area contributed by atoms with E-state index in [4.69, 9.17) is 0 Å². The Morgan fingerprint density at radius 1 is 1.27 bits per heavy atom. The molecule has 1 amide bonds. The van der Waals surface area contributed by atoms with Crippen LogP contribution in [-0.4, -0.2) is 20.4 Å². The van der Waals surface area contributed by atoms with Gasteiger partial charge in [0, 0.05) is 30.0 Å². The molecule has 2 aromatic heterocycles. The summed E-state index contributed by atoms with van der Waals surface area (Å²) in [6, 6.07) is 6.80. The minimum absolute atomic E-state index is 0.0175. The van der Waals surface area contributed by atoms with E-state index in [1.165, 1.54) is 23.2 Å². The van der Waals surface area contributed by atoms with Crippen LogP contribution in [0.3, 0.4) is 0 Å². The Kier molecular flexibility index (Phi) is 4.75. The lowest BCUT2D eigenvalue weighted by atomic mass is 10.1. The summed E-state index contributed by atoms with van der Waals surface area (Å²) in [5, 5.41) is 2.52. The number of amides is 1. The van der Waals surface area contributed by atoms with Crippen LogP contribution in [0.25, 0.3) is 5.69 Å². The molecule has 5 nitrogen and oxygen atoms in total. The van der Waals surface area contributed by atoms with Gasteiger partial charge in [0.25, 0.3) is 0 Å². The van der Waals surface area contributed by atoms with Crippen LogP contribution in [0.5, 0.6) is 0 Å². The van der Waals surface area contributed by atoms with Crippen molar-refractivity contribution >= 4 is 11.6 Å². The van der Waals surface area contributed by atoms with Crippen LogP contribution in [-0.2, 0) is 17.4 Å². The zero-order chi connectivity index (χ0) is 18.7. The van der Waals surface area contributed by atoms with Crippen molar-refractivity contribution in [2.75, 3.05) is 5.32 Å². The summed E-state index contributed by atoms with van der Waals surface area (Å²) in [6.07, 6.45) is 1.62. The van der Waals surface area contributed by atoms with E-state index in [9.17, 15) is 18.0 Å². The quantitative estimate of drug-likeness (QED) is 0.770. The first-order chi connectivity index (χ1) is 12.3. The molecule has 8 heteroatoms. The Bertz CT molecular complexity index is 920. The van der Waals surface area contributed by atoms with E-state index in [-0.39, 0.29) is 17.8 Å². The molecule has 3 aromatic rings. The molecule has 0 saturated carbocycles. The molecule has 134 valence electrons. The molecule has 1 N–H and O–H groups in total. The second-order valence-corrected chi connectivity index (χ2v) is 5.77. The highest BCUT2D eigenvalue weighted by Crippen LogP contribution is 2.33. The number of nitrogens with zero attached hydrogens (tertiary/aromatic N) is 3. The number of imidazole rings is 1. The van der Waals surface area contributed by atoms with Gasteiger partial charge in [-0.2, -0.15) is 13.2 Å². The third-order valence-corrected chi connectivity index (χ3v) is 3.63. The van der Waals surface area contributed by atoms with Crippen LogP contribution in [0.15, 0.2) is 55.2 Å². The predicted molar refractivity (Wildman–Crippen MR) is 89.9 cm³/mol. The lowest BCUT2D eigenvalue weighted by molar-refractivity contribution is -0.137. The normalized spacial score (nSPS) is 11.4. The summed E-state index contributed by atoms with van der Waals surface area (Å²) < 4.78 is 41.1. The van der Waals surface area contributed by atoms with Gasteiger partial charge in [0.15, 0.2) is 0 Å². The number of aromatic nitrogens is 3. The Morgan fingerprint density at radius 2 is 2.08 bits per heavy atom. The number of anilines is 1. The second-order valence-electron chi connectivity index (χ2n) is 5.77. The number of carbonyl (C=O) groups excluding carboxylic acids is 1. The summed E-state index contributed by atoms with van der Waals surface area (Å²) in [4.78, 5) is 20.1. The Morgan fingerprint density at radius 3 is 2.69 bits per heavy atom. The van der Waals surface area contributed by atoms with Crippen LogP contribution in [0, 0.1) is 6.92 Å². The molecular weight excluding hydrogens is 345 g/mol. The number of alkyl halides is 3. The SMILES string of the molecule is Cc1cn(-c2cc(NC(=O)Cc3cccnc3)cc(C(F)(F)F)c2)cn1. The fourth-order valence-electron chi connectivity index (χ4n) is 2.45. The van der Waals surface area contributed by atoms with Gasteiger partial charge in [-0.25, -0.2) is 4.98 Å². The molecule has 0 aliphatic rings. The van der Waals surface area contributed by atoms with Crippen molar-refractivity contribution in [1.29, 1.82) is 0 Å². The number of pyridine rings is 1. The minimum atomic E-state index is -4.53. The zero-order valence-corrected chi connectivity index (χ0v) is 13.8. The van der Waals surface area contributed by atoms with Gasteiger partial charge in [0.05, 0.1) is 24.0 Å². The molecule has 0 atom stereocenters. The van der Waals surface area contributed by atoms with Gasteiger partial charge in [-0.1, -0.05) is 6.07 Å². The van der Waals surface area contributed by atoms with Crippen molar-refractivity contribution in [1.82, 2.24) is 14.5 Å². The van der Waals surface area contributed by atoms with Crippen LogP contribution in [0.4, 0.5) is 18.9 Å². The van der Waals surface area contributed by atoms with Crippen molar-refractivity contribution in [3.63, 3.8) is 0 Å². The van der Waals surface area contributed by atoms with Gasteiger partial charge in [-0.15, -0.1) is 0 Å². The molecule has 0 fully saturated rings. The number of benzene rings is 1. The van der Waals surface area contributed by atoms with Crippen LogP contribution < -0.4 is 5.32 Å². The Balaban J connectivity index is 1.89. The number of hydrogen-bond donors (Lipinski definition) is 1. The van der Waals surface area contributed by atoms with Crippen LogP contribution >= 0.6 is 0 Å². The van der Waals surface area contributed by atoms with Crippen LogP contribution in [0.1, 0.15) is 16.8 Å². The number of carbonyl (C=O) groups is 1. The first kappa shape index (κ1) is 17.7. The third-order valence-electron chi connectivity index (χ3n) is 3.63. The molecular formula is C18H15F3N4O. The van der Waals surface area contributed by atoms with Gasteiger partial charge in [0.2, 0.25) is 5.91 Å². The van der Waals surface area contributed by atoms with Crippen molar-refractivity contribution < 1.29 is 18.0 Å². The van der Waals surface area contributed by atoms with E-state index >= 15 is 0 Å². The van der Waals surface area contributed by atoms with E-state index in [2.05, 4.69) is 15.3 Å². The number of rotatable bonds is 4. The predicted octanol–water partition coefficient (Wildman–Crippen LogP) is 3.78. The lowest BCUT2D eigenvalue weighted by Gasteiger charge is -2.13. The number of hydrogen-bond acceptors (Lipinski definition) is 3. The lowest BCUT2D eigenvalue weighted by Crippen LogP contribution is -2.16. The van der Waals surface area contributed by atoms with E-state index in [0.717, 1.165) is 12.1 Å². The molecule has 26 heavy (non-hydrogen) atoms. The van der Waals surface area contributed by atoms with E-state index in [1.807, 2.05) is 0 Å². The maximum absolute atomic E-state index is 13.2. The highest BCUT2D eigenvalue weighted by Gasteiger charge is 2.31. The number of aryl methyl sites for hydroxylation is 1. The highest BCUT2D eigenvalue weighted by atomic mass is 19.4. The average Bonchev–Trinajstić information content (AvgIpc) is 3.01. The minimum Gasteiger partial charge on any atom is -0.326 e. The number of halogens is 3. The molecule has 0 radical (unpaired) electrons. The standard InChI is InChI=1S/C18H15F3N4O/c1-12-10-25(11-23-12)16-7-14(18(19,20)21)6-15(8-16)24-17(26)5-13-3-2-4-22-9-13/h2-4,6-11H,5H2,1H3,(H,24,26). The fraction of sp³-hybridized carbons (Fsp3) is 0.167. The smallest absolute Gasteiger partial charge is 0.326 e. The second kappa shape index (κ2) is 6.99. The first-order valence-electron chi connectivity index (χ1n) is 7.73. The molecule has 1 aromatic carbocycles. The van der Waals surface area contributed by atoms with E-state index in [1.54, 1.807) is 31.5 Å². The van der Waals surface area contributed by atoms with Gasteiger partial charge in [-0.05, 0) is 36.8 Å². The molecule has 2 heterocycles. The van der Waals surface area contributed by atoms with E-state index in [0.29, 0.717) is 11.3 Å².